The molecule has 4 aromatic heterocycles. The number of nitrogens with zero attached hydrogens (tertiary/aromatic N) is 5. The molecule has 5 aromatic rings. The van der Waals surface area contributed by atoms with Crippen LogP contribution >= 0.6 is 15.9 Å². The molecule has 4 aliphatic heterocycles. The molecule has 0 bridgehead atoms. The van der Waals surface area contributed by atoms with Crippen molar-refractivity contribution in [2.75, 3.05) is 13.2 Å². The van der Waals surface area contributed by atoms with Crippen LogP contribution in [-0.4, -0.2) is 142 Å². The molecular formula is C61H92BrN9O21Si2. The predicted molar refractivity (Wildman–Crippen MR) is 354 cm³/mol. The topological polar surface area (TPSA) is 408 Å². The molecule has 522 valence electrons. The van der Waals surface area contributed by atoms with Crippen molar-refractivity contribution in [2.24, 2.45) is 0 Å². The van der Waals surface area contributed by atoms with Crippen molar-refractivity contribution in [2.45, 2.75) is 236 Å². The van der Waals surface area contributed by atoms with E-state index in [0.29, 0.717) is 40.4 Å². The molecule has 9 rings (SSSR count). The van der Waals surface area contributed by atoms with E-state index in [1.165, 1.54) is 38.2 Å². The monoisotopic (exact) mass is 1420 g/mol. The van der Waals surface area contributed by atoms with E-state index < -0.39 is 111 Å². The Labute approximate surface area is 551 Å². The van der Waals surface area contributed by atoms with Crippen LogP contribution in [0.2, 0.25) is 36.3 Å². The lowest BCUT2D eigenvalue weighted by Crippen LogP contribution is -2.45. The first-order chi connectivity index (χ1) is 43.9. The lowest BCUT2D eigenvalue weighted by atomic mass is 10.1. The van der Waals surface area contributed by atoms with Gasteiger partial charge in [-0.1, -0.05) is 83.5 Å². The number of aromatic amines is 4. The van der Waals surface area contributed by atoms with Crippen LogP contribution in [0, 0.1) is 24.0 Å². The van der Waals surface area contributed by atoms with Crippen LogP contribution in [0.15, 0.2) is 87.4 Å². The SMILES string of the molecule is CC[C@H]1O[C@@H](n2cc(C)c(=O)[nH]c2=O)CC1O[Si](C)(C)C(C)(C)C.CC[C@H]1O[C@@H](n2cc(CBr)c(=O)[nH]c2=O)CC1O[Si](C)(C)C(C)(C)C.Cc1cn([C@H]2CC(O)[C@@H](CO)O2)c(=O)[nH]c1=O.O=c1[nH]c(=O)n([C@H]2CC(O)[C@@H](CO)O2)cc1COCc1ccccc1[N+](=O)[O-]. The number of nitro benzene ring substituents is 1. The number of nitro groups is 1. The van der Waals surface area contributed by atoms with E-state index in [1.54, 1.807) is 38.4 Å². The summed E-state index contributed by atoms with van der Waals surface area (Å²) in [5.74, 6) is 0. The number of aromatic nitrogens is 8. The van der Waals surface area contributed by atoms with Crippen LogP contribution in [-0.2, 0) is 51.1 Å². The Morgan fingerprint density at radius 2 is 0.894 bits per heavy atom. The highest BCUT2D eigenvalue weighted by Gasteiger charge is 2.47. The molecular weight excluding hydrogens is 1330 g/mol. The summed E-state index contributed by atoms with van der Waals surface area (Å²) in [6.45, 7) is 28.6. The fourth-order valence-electron chi connectivity index (χ4n) is 10.3. The van der Waals surface area contributed by atoms with Gasteiger partial charge in [0, 0.05) is 78.6 Å². The van der Waals surface area contributed by atoms with Gasteiger partial charge in [-0.2, -0.15) is 0 Å². The molecule has 0 saturated carbocycles. The second-order valence-corrected chi connectivity index (χ2v) is 36.8. The lowest BCUT2D eigenvalue weighted by molar-refractivity contribution is -0.386. The summed E-state index contributed by atoms with van der Waals surface area (Å²) in [5, 5.41) is 49.1. The minimum atomic E-state index is -1.93. The Morgan fingerprint density at radius 1 is 0.553 bits per heavy atom. The number of aryl methyl sites for hydroxylation is 2. The van der Waals surface area contributed by atoms with E-state index >= 15 is 0 Å². The van der Waals surface area contributed by atoms with Crippen LogP contribution in [0.3, 0.4) is 0 Å². The van der Waals surface area contributed by atoms with Gasteiger partial charge < -0.3 is 53.0 Å². The second kappa shape index (κ2) is 32.2. The minimum absolute atomic E-state index is 0.0278. The number of aliphatic hydroxyl groups is 4. The van der Waals surface area contributed by atoms with Gasteiger partial charge in [-0.05, 0) is 69.0 Å². The average Bonchev–Trinajstić information content (AvgIpc) is 1.64. The van der Waals surface area contributed by atoms with Crippen molar-refractivity contribution in [3.8, 4) is 0 Å². The number of alkyl halides is 1. The molecule has 0 aliphatic carbocycles. The second-order valence-electron chi connectivity index (χ2n) is 26.7. The number of aliphatic hydroxyl groups excluding tert-OH is 4. The first kappa shape index (κ1) is 76.8. The van der Waals surface area contributed by atoms with Gasteiger partial charge in [0.15, 0.2) is 16.6 Å². The van der Waals surface area contributed by atoms with Gasteiger partial charge in [-0.3, -0.25) is 67.5 Å². The zero-order chi connectivity index (χ0) is 70.1. The normalized spacial score (nSPS) is 24.6. The quantitative estimate of drug-likeness (QED) is 0.0254. The number of hydrogen-bond donors (Lipinski definition) is 8. The molecule has 0 amide bonds. The van der Waals surface area contributed by atoms with Crippen LogP contribution < -0.4 is 45.0 Å². The Balaban J connectivity index is 0.000000201. The first-order valence-electron chi connectivity index (χ1n) is 31.1. The van der Waals surface area contributed by atoms with Crippen molar-refractivity contribution in [1.82, 2.24) is 38.2 Å². The molecule has 8 N–H and O–H groups in total. The highest BCUT2D eigenvalue weighted by Crippen LogP contribution is 2.43. The molecule has 4 fully saturated rings. The maximum absolute atomic E-state index is 12.2. The van der Waals surface area contributed by atoms with Gasteiger partial charge in [0.1, 0.15) is 37.1 Å². The van der Waals surface area contributed by atoms with Gasteiger partial charge in [0.05, 0.1) is 79.1 Å². The number of hydrogen-bond acceptors (Lipinski definition) is 21. The minimum Gasteiger partial charge on any atom is -0.411 e. The highest BCUT2D eigenvalue weighted by molar-refractivity contribution is 9.08. The third-order valence-electron chi connectivity index (χ3n) is 17.9. The first-order valence-corrected chi connectivity index (χ1v) is 38.1. The molecule has 0 spiro atoms. The van der Waals surface area contributed by atoms with Gasteiger partial charge in [-0.25, -0.2) is 19.2 Å². The molecule has 4 aliphatic rings. The maximum atomic E-state index is 12.2. The molecule has 4 unspecified atom stereocenters. The summed E-state index contributed by atoms with van der Waals surface area (Å²) < 4.78 is 46.8. The van der Waals surface area contributed by atoms with E-state index in [1.807, 2.05) is 0 Å². The Kier molecular flexibility index (Phi) is 26.4. The van der Waals surface area contributed by atoms with E-state index in [-0.39, 0.29) is 89.5 Å². The maximum Gasteiger partial charge on any atom is 0.330 e. The number of benzene rings is 1. The Hall–Kier alpha value is -6.19. The fourth-order valence-corrected chi connectivity index (χ4v) is 13.4. The molecule has 12 atom stereocenters. The largest absolute Gasteiger partial charge is 0.411 e. The van der Waals surface area contributed by atoms with E-state index in [2.05, 4.69) is 117 Å². The van der Waals surface area contributed by atoms with Crippen LogP contribution in [0.5, 0.6) is 0 Å². The third-order valence-corrected chi connectivity index (χ3v) is 27.5. The predicted octanol–water partition coefficient (Wildman–Crippen LogP) is 4.74. The fraction of sp³-hybridized carbons (Fsp3) is 0.639. The number of para-hydroxylation sites is 1. The molecule has 33 heteroatoms. The van der Waals surface area contributed by atoms with Crippen LogP contribution in [0.25, 0.3) is 0 Å². The standard InChI is InChI=1S/C17H29BrN2O4Si.C17H19N3O8.C17H30N2O4Si.C10H14N2O5/c1-7-12-13(24-25(5,6)17(2,3)4)8-14(23-12)20-10-11(9-18)15(21)19-16(20)22;21-7-14-13(22)5-15(28-14)19-6-11(16(23)18-17(19)24)9-27-8-10-3-1-2-4-12(10)20(25)26;1-8-12-13(23-24(6,7)17(3,4)5)9-14(22-12)19-10-11(2)15(20)18-16(19)21;1-5-3-12(10(16)11-9(5)15)8-2-6(14)7(4-13)17-8/h10,12-14H,7-9H2,1-6H3,(H,19,21,22);1-4,6,13-15,21-22H,5,7-9H2,(H,18,23,24);10,12-14H,8-9H2,1-7H3,(H,18,20,21);3,6-8,13-14H,2,4H2,1H3,(H,11,15,16)/t12-,13?,14-;13?,14-,15-;12-,13?,14-;6?,7-,8-/m1111/s1. The van der Waals surface area contributed by atoms with Gasteiger partial charge in [0.2, 0.25) is 0 Å². The summed E-state index contributed by atoms with van der Waals surface area (Å²) in [5.41, 5.74) is -2.23. The molecule has 1 aromatic carbocycles. The number of rotatable bonds is 18. The van der Waals surface area contributed by atoms with E-state index in [9.17, 15) is 58.7 Å². The zero-order valence-electron chi connectivity index (χ0n) is 55.7. The van der Waals surface area contributed by atoms with E-state index in [4.69, 9.17) is 42.7 Å². The Morgan fingerprint density at radius 3 is 1.26 bits per heavy atom. The lowest BCUT2D eigenvalue weighted by Gasteiger charge is -2.39. The number of halogens is 1. The summed E-state index contributed by atoms with van der Waals surface area (Å²) in [6, 6.07) is 6.08. The molecule has 94 heavy (non-hydrogen) atoms. The van der Waals surface area contributed by atoms with Crippen molar-refractivity contribution >= 4 is 38.3 Å². The summed E-state index contributed by atoms with van der Waals surface area (Å²) in [7, 11) is -3.85. The smallest absolute Gasteiger partial charge is 0.330 e. The molecule has 30 nitrogen and oxygen atoms in total. The Bertz CT molecular complexity index is 3900. The summed E-state index contributed by atoms with van der Waals surface area (Å²) >= 11 is 3.28. The average molecular weight is 1420 g/mol. The molecule has 0 radical (unpaired) electrons. The molecule has 4 saturated heterocycles. The van der Waals surface area contributed by atoms with Gasteiger partial charge in [-0.15, -0.1) is 0 Å². The van der Waals surface area contributed by atoms with Crippen molar-refractivity contribution < 1.29 is 57.9 Å². The van der Waals surface area contributed by atoms with Crippen LogP contribution in [0.4, 0.5) is 5.69 Å². The molecule has 8 heterocycles. The van der Waals surface area contributed by atoms with Crippen LogP contribution in [0.1, 0.15) is 147 Å². The van der Waals surface area contributed by atoms with E-state index in [0.717, 1.165) is 17.4 Å². The summed E-state index contributed by atoms with van der Waals surface area (Å²) in [4.78, 5) is 114. The van der Waals surface area contributed by atoms with Gasteiger partial charge >= 0.3 is 22.8 Å². The third kappa shape index (κ3) is 18.9. The highest BCUT2D eigenvalue weighted by atomic mass is 79.9. The number of nitrogens with one attached hydrogen (secondary N) is 4. The zero-order valence-corrected chi connectivity index (χ0v) is 59.3. The number of H-pyrrole nitrogens is 4. The van der Waals surface area contributed by atoms with Crippen molar-refractivity contribution in [3.63, 3.8) is 0 Å². The van der Waals surface area contributed by atoms with Crippen molar-refractivity contribution in [1.29, 1.82) is 0 Å². The summed E-state index contributed by atoms with van der Waals surface area (Å²) in [6.07, 6.45) is 3.23. The van der Waals surface area contributed by atoms with Crippen molar-refractivity contribution in [3.05, 3.63) is 170 Å². The van der Waals surface area contributed by atoms with Gasteiger partial charge in [0.25, 0.3) is 27.9 Å². The number of ether oxygens (including phenoxy) is 5.